The molecular weight excluding hydrogens is 372 g/mol. The third-order valence-corrected chi connectivity index (χ3v) is 7.07. The van der Waals surface area contributed by atoms with Gasteiger partial charge in [-0.05, 0) is 44.4 Å². The Kier molecular flexibility index (Phi) is 4.89. The molecule has 0 bridgehead atoms. The summed E-state index contributed by atoms with van der Waals surface area (Å²) in [5.74, 6) is -0.261. The molecule has 2 aromatic carbocycles. The molecular formula is C22H22N2O3S. The highest BCUT2D eigenvalue weighted by Crippen LogP contribution is 2.32. The van der Waals surface area contributed by atoms with E-state index in [1.807, 2.05) is 13.0 Å². The van der Waals surface area contributed by atoms with E-state index in [0.29, 0.717) is 24.0 Å². The molecule has 0 aliphatic carbocycles. The molecule has 1 aromatic heterocycles. The molecule has 1 aliphatic rings. The van der Waals surface area contributed by atoms with Crippen LogP contribution in [0, 0.1) is 6.92 Å². The minimum Gasteiger partial charge on any atom is -0.339 e. The predicted octanol–water partition coefficient (Wildman–Crippen LogP) is 4.00. The Balaban J connectivity index is 1.94. The third kappa shape index (κ3) is 3.29. The van der Waals surface area contributed by atoms with Crippen LogP contribution in [0.25, 0.3) is 10.9 Å². The molecule has 0 unspecified atom stereocenters. The number of pyridine rings is 1. The molecule has 2 heterocycles. The second-order valence-electron chi connectivity index (χ2n) is 7.19. The van der Waals surface area contributed by atoms with Gasteiger partial charge in [0.2, 0.25) is 9.84 Å². The molecule has 5 nitrogen and oxygen atoms in total. The summed E-state index contributed by atoms with van der Waals surface area (Å²) in [6.07, 6.45) is 4.38. The highest BCUT2D eigenvalue weighted by molar-refractivity contribution is 7.91. The van der Waals surface area contributed by atoms with Crippen molar-refractivity contribution in [3.05, 3.63) is 65.9 Å². The highest BCUT2D eigenvalue weighted by Gasteiger charge is 2.30. The molecule has 0 saturated carbocycles. The van der Waals surface area contributed by atoms with E-state index in [2.05, 4.69) is 4.98 Å². The van der Waals surface area contributed by atoms with Crippen LogP contribution in [0.4, 0.5) is 0 Å². The van der Waals surface area contributed by atoms with Crippen LogP contribution >= 0.6 is 0 Å². The van der Waals surface area contributed by atoms with E-state index in [0.717, 1.165) is 24.8 Å². The molecule has 6 heteroatoms. The first kappa shape index (κ1) is 18.6. The van der Waals surface area contributed by atoms with Crippen LogP contribution in [0.2, 0.25) is 0 Å². The first-order valence-corrected chi connectivity index (χ1v) is 11.0. The van der Waals surface area contributed by atoms with E-state index >= 15 is 0 Å². The van der Waals surface area contributed by atoms with Crippen LogP contribution in [-0.4, -0.2) is 37.3 Å². The van der Waals surface area contributed by atoms with E-state index < -0.39 is 9.84 Å². The van der Waals surface area contributed by atoms with Crippen LogP contribution in [0.3, 0.4) is 0 Å². The molecule has 0 N–H and O–H groups in total. The minimum absolute atomic E-state index is 0.0533. The first-order chi connectivity index (χ1) is 13.5. The fraction of sp³-hybridized carbons (Fsp3) is 0.273. The molecule has 1 aliphatic heterocycles. The van der Waals surface area contributed by atoms with Crippen molar-refractivity contribution in [1.82, 2.24) is 9.88 Å². The number of para-hydroxylation sites is 1. The Hall–Kier alpha value is -2.73. The van der Waals surface area contributed by atoms with Crippen molar-refractivity contribution in [2.45, 2.75) is 36.0 Å². The van der Waals surface area contributed by atoms with Crippen LogP contribution in [0.15, 0.2) is 64.5 Å². The second-order valence-corrected chi connectivity index (χ2v) is 9.07. The van der Waals surface area contributed by atoms with Crippen molar-refractivity contribution >= 4 is 26.6 Å². The van der Waals surface area contributed by atoms with Crippen molar-refractivity contribution < 1.29 is 13.2 Å². The third-order valence-electron chi connectivity index (χ3n) is 5.20. The minimum atomic E-state index is -3.88. The number of benzene rings is 2. The smallest absolute Gasteiger partial charge is 0.256 e. The van der Waals surface area contributed by atoms with Gasteiger partial charge in [-0.2, -0.15) is 0 Å². The van der Waals surface area contributed by atoms with E-state index in [1.165, 1.54) is 6.20 Å². The lowest BCUT2D eigenvalue weighted by Crippen LogP contribution is -2.36. The monoisotopic (exact) mass is 394 g/mol. The van der Waals surface area contributed by atoms with Gasteiger partial charge in [-0.25, -0.2) is 8.42 Å². The topological polar surface area (TPSA) is 67.3 Å². The van der Waals surface area contributed by atoms with Gasteiger partial charge in [0, 0.05) is 24.7 Å². The maximum Gasteiger partial charge on any atom is 0.256 e. The average Bonchev–Trinajstić information content (AvgIpc) is 2.73. The summed E-state index contributed by atoms with van der Waals surface area (Å²) in [7, 11) is -3.88. The Morgan fingerprint density at radius 2 is 1.64 bits per heavy atom. The number of rotatable bonds is 3. The number of aryl methyl sites for hydroxylation is 1. The maximum absolute atomic E-state index is 13.6. The zero-order valence-corrected chi connectivity index (χ0v) is 16.6. The summed E-state index contributed by atoms with van der Waals surface area (Å²) in [6.45, 7) is 3.20. The fourth-order valence-electron chi connectivity index (χ4n) is 3.66. The number of carbonyl (C=O) groups excluding carboxylic acids is 1. The zero-order chi connectivity index (χ0) is 19.7. The Labute approximate surface area is 164 Å². The molecule has 0 spiro atoms. The van der Waals surface area contributed by atoms with Gasteiger partial charge < -0.3 is 4.90 Å². The molecule has 1 amide bonds. The quantitative estimate of drug-likeness (QED) is 0.673. The summed E-state index contributed by atoms with van der Waals surface area (Å²) in [5, 5.41) is 0.478. The van der Waals surface area contributed by atoms with Crippen molar-refractivity contribution in [2.75, 3.05) is 13.1 Å². The van der Waals surface area contributed by atoms with Gasteiger partial charge in [-0.1, -0.05) is 35.9 Å². The largest absolute Gasteiger partial charge is 0.339 e. The Morgan fingerprint density at radius 3 is 2.36 bits per heavy atom. The second kappa shape index (κ2) is 7.36. The number of hydrogen-bond donors (Lipinski definition) is 0. The molecule has 1 fully saturated rings. The molecule has 1 saturated heterocycles. The highest BCUT2D eigenvalue weighted by atomic mass is 32.2. The Bertz CT molecular complexity index is 1130. The van der Waals surface area contributed by atoms with E-state index in [1.54, 1.807) is 47.4 Å². The number of likely N-dealkylation sites (tertiary alicyclic amines) is 1. The predicted molar refractivity (Wildman–Crippen MR) is 108 cm³/mol. The molecule has 28 heavy (non-hydrogen) atoms. The number of hydrogen-bond acceptors (Lipinski definition) is 4. The van der Waals surface area contributed by atoms with Gasteiger partial charge in [0.1, 0.15) is 0 Å². The van der Waals surface area contributed by atoms with Crippen molar-refractivity contribution in [3.8, 4) is 0 Å². The average molecular weight is 394 g/mol. The summed E-state index contributed by atoms with van der Waals surface area (Å²) < 4.78 is 27.1. The molecule has 3 aromatic rings. The van der Waals surface area contributed by atoms with Crippen LogP contribution in [0.5, 0.6) is 0 Å². The zero-order valence-electron chi connectivity index (χ0n) is 15.8. The van der Waals surface area contributed by atoms with E-state index in [9.17, 15) is 13.2 Å². The number of aromatic nitrogens is 1. The number of sulfone groups is 1. The SMILES string of the molecule is Cc1ccc(S(=O)(=O)c2c(C(=O)N3CCCCC3)cnc3ccccc23)cc1. The van der Waals surface area contributed by atoms with Crippen LogP contribution in [-0.2, 0) is 9.84 Å². The lowest BCUT2D eigenvalue weighted by atomic mass is 10.1. The molecule has 0 radical (unpaired) electrons. The van der Waals surface area contributed by atoms with Crippen molar-refractivity contribution in [2.24, 2.45) is 0 Å². The van der Waals surface area contributed by atoms with Gasteiger partial charge in [0.25, 0.3) is 5.91 Å². The lowest BCUT2D eigenvalue weighted by molar-refractivity contribution is 0.0720. The first-order valence-electron chi connectivity index (χ1n) is 9.47. The summed E-state index contributed by atoms with van der Waals surface area (Å²) in [4.78, 5) is 19.6. The van der Waals surface area contributed by atoms with Gasteiger partial charge >= 0.3 is 0 Å². The number of piperidine rings is 1. The fourth-order valence-corrected chi connectivity index (χ4v) is 5.28. The van der Waals surface area contributed by atoms with Crippen LogP contribution < -0.4 is 0 Å². The number of amides is 1. The normalized spacial score (nSPS) is 15.0. The maximum atomic E-state index is 13.6. The molecule has 4 rings (SSSR count). The van der Waals surface area contributed by atoms with Gasteiger partial charge in [-0.15, -0.1) is 0 Å². The van der Waals surface area contributed by atoms with Gasteiger partial charge in [0.15, 0.2) is 0 Å². The summed E-state index contributed by atoms with van der Waals surface area (Å²) >= 11 is 0. The molecule has 144 valence electrons. The molecule has 0 atom stereocenters. The van der Waals surface area contributed by atoms with Crippen LogP contribution in [0.1, 0.15) is 35.2 Å². The number of nitrogens with zero attached hydrogens (tertiary/aromatic N) is 2. The Morgan fingerprint density at radius 1 is 0.964 bits per heavy atom. The van der Waals surface area contributed by atoms with E-state index in [4.69, 9.17) is 0 Å². The standard InChI is InChI=1S/C22H22N2O3S/c1-16-9-11-17(12-10-16)28(26,27)21-18-7-3-4-8-20(18)23-15-19(21)22(25)24-13-5-2-6-14-24/h3-4,7-12,15H,2,5-6,13-14H2,1H3. The summed E-state index contributed by atoms with van der Waals surface area (Å²) in [6, 6.07) is 13.8. The van der Waals surface area contributed by atoms with Gasteiger partial charge in [0.05, 0.1) is 20.9 Å². The number of fused-ring (bicyclic) bond motifs is 1. The van der Waals surface area contributed by atoms with Crippen molar-refractivity contribution in [3.63, 3.8) is 0 Å². The summed E-state index contributed by atoms with van der Waals surface area (Å²) in [5.41, 5.74) is 1.69. The number of carbonyl (C=O) groups is 1. The lowest BCUT2D eigenvalue weighted by Gasteiger charge is -2.27. The van der Waals surface area contributed by atoms with E-state index in [-0.39, 0.29) is 21.3 Å². The van der Waals surface area contributed by atoms with Gasteiger partial charge in [-0.3, -0.25) is 9.78 Å². The van der Waals surface area contributed by atoms with Crippen molar-refractivity contribution in [1.29, 1.82) is 0 Å².